The molecule has 0 bridgehead atoms. The van der Waals surface area contributed by atoms with Crippen LogP contribution in [-0.2, 0) is 11.4 Å². The van der Waals surface area contributed by atoms with Crippen LogP contribution in [0.2, 0.25) is 0 Å². The molecule has 2 aromatic carbocycles. The maximum absolute atomic E-state index is 13.0. The molecule has 20 heavy (non-hydrogen) atoms. The highest BCUT2D eigenvalue weighted by Gasteiger charge is 2.03. The lowest BCUT2D eigenvalue weighted by atomic mass is 10.2. The van der Waals surface area contributed by atoms with E-state index in [1.165, 1.54) is 18.3 Å². The minimum absolute atomic E-state index is 0.272. The Hall–Kier alpha value is -1.88. The maximum atomic E-state index is 13.0. The summed E-state index contributed by atoms with van der Waals surface area (Å²) in [5.74, 6) is 0.428. The highest BCUT2D eigenvalue weighted by atomic mass is 79.9. The summed E-state index contributed by atoms with van der Waals surface area (Å²) in [7, 11) is 1.60. The first-order chi connectivity index (χ1) is 9.69. The molecule has 0 aliphatic heterocycles. The van der Waals surface area contributed by atoms with Crippen molar-refractivity contribution in [2.45, 2.75) is 6.61 Å². The molecule has 0 heterocycles. The summed E-state index contributed by atoms with van der Waals surface area (Å²) in [5, 5.41) is 3.82. The number of rotatable bonds is 5. The van der Waals surface area contributed by atoms with Crippen LogP contribution in [0.25, 0.3) is 0 Å². The monoisotopic (exact) mass is 337 g/mol. The van der Waals surface area contributed by atoms with Crippen LogP contribution in [0.15, 0.2) is 52.1 Å². The summed E-state index contributed by atoms with van der Waals surface area (Å²) in [6.07, 6.45) is 1.47. The highest BCUT2D eigenvalue weighted by molar-refractivity contribution is 9.10. The first-order valence-corrected chi connectivity index (χ1v) is 6.71. The second-order valence-corrected chi connectivity index (χ2v) is 4.93. The van der Waals surface area contributed by atoms with Gasteiger partial charge in [-0.05, 0) is 35.9 Å². The number of oxime groups is 1. The topological polar surface area (TPSA) is 30.8 Å². The fourth-order valence-corrected chi connectivity index (χ4v) is 2.06. The van der Waals surface area contributed by atoms with Crippen LogP contribution in [0.4, 0.5) is 4.39 Å². The van der Waals surface area contributed by atoms with Gasteiger partial charge < -0.3 is 9.57 Å². The SMILES string of the molecule is COc1ccc(Br)cc1CO/N=C/c1cccc(F)c1. The molecule has 0 aliphatic carbocycles. The molecule has 0 spiro atoms. The summed E-state index contributed by atoms with van der Waals surface area (Å²) in [5.41, 5.74) is 1.52. The first-order valence-electron chi connectivity index (χ1n) is 5.92. The van der Waals surface area contributed by atoms with Crippen LogP contribution >= 0.6 is 15.9 Å². The van der Waals surface area contributed by atoms with Gasteiger partial charge in [-0.1, -0.05) is 33.2 Å². The van der Waals surface area contributed by atoms with Gasteiger partial charge in [0.05, 0.1) is 13.3 Å². The predicted octanol–water partition coefficient (Wildman–Crippen LogP) is 4.15. The van der Waals surface area contributed by atoms with Crippen molar-refractivity contribution >= 4 is 22.1 Å². The van der Waals surface area contributed by atoms with E-state index in [0.717, 1.165) is 15.8 Å². The molecule has 5 heteroatoms. The standard InChI is InChI=1S/C15H13BrFNO2/c1-19-15-6-5-13(16)8-12(15)10-20-18-9-11-3-2-4-14(17)7-11/h2-9H,10H2,1H3/b18-9+. The number of ether oxygens (including phenoxy) is 1. The van der Waals surface area contributed by atoms with Crippen LogP contribution in [0.3, 0.4) is 0 Å². The van der Waals surface area contributed by atoms with E-state index in [0.29, 0.717) is 5.56 Å². The second kappa shape index (κ2) is 7.05. The molecule has 0 N–H and O–H groups in total. The Balaban J connectivity index is 1.97. The molecule has 0 saturated heterocycles. The van der Waals surface area contributed by atoms with Crippen molar-refractivity contribution in [2.24, 2.45) is 5.16 Å². The fourth-order valence-electron chi connectivity index (χ4n) is 1.65. The summed E-state index contributed by atoms with van der Waals surface area (Å²) < 4.78 is 19.1. The van der Waals surface area contributed by atoms with Crippen molar-refractivity contribution in [2.75, 3.05) is 7.11 Å². The molecule has 3 nitrogen and oxygen atoms in total. The zero-order valence-corrected chi connectivity index (χ0v) is 12.4. The maximum Gasteiger partial charge on any atom is 0.145 e. The first kappa shape index (κ1) is 14.5. The number of benzene rings is 2. The van der Waals surface area contributed by atoms with E-state index in [2.05, 4.69) is 21.1 Å². The van der Waals surface area contributed by atoms with Crippen molar-refractivity contribution in [3.8, 4) is 5.75 Å². The van der Waals surface area contributed by atoms with Gasteiger partial charge in [-0.2, -0.15) is 0 Å². The van der Waals surface area contributed by atoms with E-state index < -0.39 is 0 Å². The third kappa shape index (κ3) is 4.06. The number of hydrogen-bond acceptors (Lipinski definition) is 3. The Labute approximate surface area is 125 Å². The average molecular weight is 338 g/mol. The number of nitrogens with zero attached hydrogens (tertiary/aromatic N) is 1. The lowest BCUT2D eigenvalue weighted by Gasteiger charge is -2.07. The third-order valence-electron chi connectivity index (χ3n) is 2.59. The van der Waals surface area contributed by atoms with Crippen molar-refractivity contribution < 1.29 is 14.0 Å². The van der Waals surface area contributed by atoms with Gasteiger partial charge in [0.1, 0.15) is 18.2 Å². The van der Waals surface area contributed by atoms with Crippen molar-refractivity contribution in [3.63, 3.8) is 0 Å². The van der Waals surface area contributed by atoms with E-state index in [-0.39, 0.29) is 12.4 Å². The molecule has 0 fully saturated rings. The molecule has 0 saturated carbocycles. The molecule has 0 aliphatic rings. The Morgan fingerprint density at radius 2 is 2.10 bits per heavy atom. The molecule has 0 amide bonds. The van der Waals surface area contributed by atoms with Gasteiger partial charge in [-0.25, -0.2) is 4.39 Å². The van der Waals surface area contributed by atoms with Gasteiger partial charge in [-0.3, -0.25) is 0 Å². The van der Waals surface area contributed by atoms with Crippen LogP contribution in [-0.4, -0.2) is 13.3 Å². The minimum Gasteiger partial charge on any atom is -0.496 e. The van der Waals surface area contributed by atoms with Gasteiger partial charge in [0.2, 0.25) is 0 Å². The Morgan fingerprint density at radius 3 is 2.85 bits per heavy atom. The van der Waals surface area contributed by atoms with E-state index in [4.69, 9.17) is 9.57 Å². The van der Waals surface area contributed by atoms with Crippen LogP contribution in [0.1, 0.15) is 11.1 Å². The van der Waals surface area contributed by atoms with Crippen molar-refractivity contribution in [3.05, 3.63) is 63.9 Å². The third-order valence-corrected chi connectivity index (χ3v) is 3.08. The Kier molecular flexibility index (Phi) is 5.12. The van der Waals surface area contributed by atoms with Gasteiger partial charge in [0.25, 0.3) is 0 Å². The molecule has 0 radical (unpaired) electrons. The summed E-state index contributed by atoms with van der Waals surface area (Å²) in [6, 6.07) is 11.8. The van der Waals surface area contributed by atoms with Gasteiger partial charge in [0.15, 0.2) is 0 Å². The van der Waals surface area contributed by atoms with Gasteiger partial charge in [-0.15, -0.1) is 0 Å². The van der Waals surface area contributed by atoms with Crippen molar-refractivity contribution in [1.29, 1.82) is 0 Å². The largest absolute Gasteiger partial charge is 0.496 e. The summed E-state index contributed by atoms with van der Waals surface area (Å²) >= 11 is 3.39. The number of methoxy groups -OCH3 is 1. The fraction of sp³-hybridized carbons (Fsp3) is 0.133. The lowest BCUT2D eigenvalue weighted by Crippen LogP contribution is -1.94. The molecule has 0 atom stereocenters. The molecule has 104 valence electrons. The predicted molar refractivity (Wildman–Crippen MR) is 79.5 cm³/mol. The molecule has 2 rings (SSSR count). The Bertz CT molecular complexity index is 617. The minimum atomic E-state index is -0.303. The van der Waals surface area contributed by atoms with Crippen LogP contribution in [0.5, 0.6) is 5.75 Å². The van der Waals surface area contributed by atoms with E-state index in [1.54, 1.807) is 19.2 Å². The molecular formula is C15H13BrFNO2. The summed E-state index contributed by atoms with van der Waals surface area (Å²) in [6.45, 7) is 0.272. The molecule has 0 aromatic heterocycles. The lowest BCUT2D eigenvalue weighted by molar-refractivity contribution is 0.130. The number of halogens is 2. The molecule has 2 aromatic rings. The normalized spacial score (nSPS) is 10.8. The number of hydrogen-bond donors (Lipinski definition) is 0. The van der Waals surface area contributed by atoms with Crippen molar-refractivity contribution in [1.82, 2.24) is 0 Å². The zero-order chi connectivity index (χ0) is 14.4. The van der Waals surface area contributed by atoms with Crippen LogP contribution < -0.4 is 4.74 Å². The van der Waals surface area contributed by atoms with Gasteiger partial charge in [0, 0.05) is 10.0 Å². The second-order valence-electron chi connectivity index (χ2n) is 4.02. The average Bonchev–Trinajstić information content (AvgIpc) is 2.44. The van der Waals surface area contributed by atoms with E-state index in [1.807, 2.05) is 18.2 Å². The van der Waals surface area contributed by atoms with Crippen LogP contribution in [0, 0.1) is 5.82 Å². The van der Waals surface area contributed by atoms with Gasteiger partial charge >= 0.3 is 0 Å². The molecule has 0 unspecified atom stereocenters. The summed E-state index contributed by atoms with van der Waals surface area (Å²) in [4.78, 5) is 5.21. The smallest absolute Gasteiger partial charge is 0.145 e. The van der Waals surface area contributed by atoms with E-state index >= 15 is 0 Å². The molecular weight excluding hydrogens is 325 g/mol. The Morgan fingerprint density at radius 1 is 1.25 bits per heavy atom. The zero-order valence-electron chi connectivity index (χ0n) is 10.8. The quantitative estimate of drug-likeness (QED) is 0.606. The highest BCUT2D eigenvalue weighted by Crippen LogP contribution is 2.23. The van der Waals surface area contributed by atoms with E-state index in [9.17, 15) is 4.39 Å².